The third kappa shape index (κ3) is 3.61. The number of benzene rings is 1. The molecule has 2 saturated carbocycles. The Kier molecular flexibility index (Phi) is 5.37. The number of aryl methyl sites for hydroxylation is 1. The number of fused-ring (bicyclic) bond motifs is 5. The summed E-state index contributed by atoms with van der Waals surface area (Å²) in [6, 6.07) is 3.60. The van der Waals surface area contributed by atoms with Crippen molar-refractivity contribution in [3.8, 4) is 11.5 Å². The van der Waals surface area contributed by atoms with Crippen LogP contribution in [0.15, 0.2) is 12.1 Å². The zero-order valence-corrected chi connectivity index (χ0v) is 18.2. The van der Waals surface area contributed by atoms with Crippen LogP contribution in [0.4, 0.5) is 0 Å². The summed E-state index contributed by atoms with van der Waals surface area (Å²) in [7, 11) is 0. The van der Waals surface area contributed by atoms with Crippen molar-refractivity contribution >= 4 is 17.9 Å². The molecule has 30 heavy (non-hydrogen) atoms. The van der Waals surface area contributed by atoms with Crippen LogP contribution >= 0.6 is 0 Å². The number of hydrogen-bond donors (Lipinski definition) is 0. The van der Waals surface area contributed by atoms with Crippen molar-refractivity contribution in [3.63, 3.8) is 0 Å². The molecule has 3 aliphatic carbocycles. The summed E-state index contributed by atoms with van der Waals surface area (Å²) in [5, 5.41) is 0. The summed E-state index contributed by atoms with van der Waals surface area (Å²) in [4.78, 5) is 34.8. The van der Waals surface area contributed by atoms with Gasteiger partial charge in [0.15, 0.2) is 0 Å². The molecular formula is C24H30O6. The molecule has 0 amide bonds. The van der Waals surface area contributed by atoms with Crippen LogP contribution < -0.4 is 9.47 Å². The summed E-state index contributed by atoms with van der Waals surface area (Å²) in [6.07, 6.45) is 5.78. The van der Waals surface area contributed by atoms with Gasteiger partial charge in [-0.3, -0.25) is 14.4 Å². The van der Waals surface area contributed by atoms with Gasteiger partial charge in [0.1, 0.15) is 17.6 Å². The molecule has 0 radical (unpaired) electrons. The van der Waals surface area contributed by atoms with E-state index in [-0.39, 0.29) is 23.5 Å². The first-order chi connectivity index (χ1) is 14.2. The van der Waals surface area contributed by atoms with Gasteiger partial charge >= 0.3 is 17.9 Å². The van der Waals surface area contributed by atoms with E-state index in [1.54, 1.807) is 6.07 Å². The molecule has 4 rings (SSSR count). The van der Waals surface area contributed by atoms with E-state index in [0.29, 0.717) is 29.3 Å². The molecule has 6 heteroatoms. The number of carbonyl (C=O) groups excluding carboxylic acids is 3. The van der Waals surface area contributed by atoms with Crippen LogP contribution in [-0.2, 0) is 25.5 Å². The van der Waals surface area contributed by atoms with Gasteiger partial charge < -0.3 is 14.2 Å². The predicted octanol–water partition coefficient (Wildman–Crippen LogP) is 4.33. The Morgan fingerprint density at radius 2 is 1.67 bits per heavy atom. The highest BCUT2D eigenvalue weighted by molar-refractivity contribution is 5.72. The Bertz CT molecular complexity index is 890. The number of esters is 3. The molecule has 2 fully saturated rings. The van der Waals surface area contributed by atoms with E-state index in [4.69, 9.17) is 14.2 Å². The van der Waals surface area contributed by atoms with Gasteiger partial charge in [0.2, 0.25) is 0 Å². The Hall–Kier alpha value is -2.37. The molecule has 4 unspecified atom stereocenters. The van der Waals surface area contributed by atoms with E-state index >= 15 is 0 Å². The maximum Gasteiger partial charge on any atom is 0.308 e. The highest BCUT2D eigenvalue weighted by Crippen LogP contribution is 2.62. The van der Waals surface area contributed by atoms with Crippen LogP contribution in [0.3, 0.4) is 0 Å². The Morgan fingerprint density at radius 3 is 2.33 bits per heavy atom. The minimum Gasteiger partial charge on any atom is -0.462 e. The van der Waals surface area contributed by atoms with Gasteiger partial charge in [-0.05, 0) is 67.9 Å². The summed E-state index contributed by atoms with van der Waals surface area (Å²) in [5.41, 5.74) is 2.20. The average molecular weight is 414 g/mol. The first-order valence-corrected chi connectivity index (χ1v) is 10.9. The molecule has 1 aromatic carbocycles. The molecule has 0 spiro atoms. The lowest BCUT2D eigenvalue weighted by Gasteiger charge is -2.50. The summed E-state index contributed by atoms with van der Waals surface area (Å²) in [5.74, 6) is 1.20. The molecule has 6 nitrogen and oxygen atoms in total. The second-order valence-electron chi connectivity index (χ2n) is 9.32. The molecule has 0 aromatic heterocycles. The second kappa shape index (κ2) is 7.71. The van der Waals surface area contributed by atoms with E-state index in [1.807, 2.05) is 6.07 Å². The fraction of sp³-hybridized carbons (Fsp3) is 0.625. The second-order valence-corrected chi connectivity index (χ2v) is 9.32. The Balaban J connectivity index is 1.69. The van der Waals surface area contributed by atoms with Gasteiger partial charge in [0.05, 0.1) is 0 Å². The SMILES string of the molecule is CC(=O)Oc1cc2c(c(OC(C)=O)c1)C1CCC3(C)C(CC[C@@H]3OC(C)=O)C1CC2. The van der Waals surface area contributed by atoms with Crippen LogP contribution in [0.25, 0.3) is 0 Å². The van der Waals surface area contributed by atoms with E-state index in [9.17, 15) is 14.4 Å². The molecule has 0 saturated heterocycles. The van der Waals surface area contributed by atoms with Gasteiger partial charge in [-0.2, -0.15) is 0 Å². The standard InChI is InChI=1S/C24H30O6/c1-13(25)28-17-11-16-5-6-18-19(23(16)21(12-17)29-14(2)26)9-10-24(4)20(18)7-8-22(24)30-15(3)27/h11-12,18-20,22H,5-10H2,1-4H3/t18?,19?,20?,22-,24?/m0/s1. The number of ether oxygens (including phenoxy) is 3. The lowest BCUT2D eigenvalue weighted by molar-refractivity contribution is -0.154. The van der Waals surface area contributed by atoms with Crippen molar-refractivity contribution in [2.45, 2.75) is 78.2 Å². The fourth-order valence-electron chi connectivity index (χ4n) is 6.46. The number of rotatable bonds is 3. The van der Waals surface area contributed by atoms with Crippen molar-refractivity contribution < 1.29 is 28.6 Å². The topological polar surface area (TPSA) is 78.9 Å². The Morgan fingerprint density at radius 1 is 0.933 bits per heavy atom. The molecule has 0 bridgehead atoms. The van der Waals surface area contributed by atoms with Crippen molar-refractivity contribution in [1.82, 2.24) is 0 Å². The maximum absolute atomic E-state index is 11.8. The first-order valence-electron chi connectivity index (χ1n) is 10.9. The largest absolute Gasteiger partial charge is 0.462 e. The van der Waals surface area contributed by atoms with Crippen molar-refractivity contribution in [2.75, 3.05) is 0 Å². The van der Waals surface area contributed by atoms with Crippen LogP contribution in [0.1, 0.15) is 76.8 Å². The summed E-state index contributed by atoms with van der Waals surface area (Å²) < 4.78 is 16.6. The smallest absolute Gasteiger partial charge is 0.308 e. The molecular weight excluding hydrogens is 384 g/mol. The van der Waals surface area contributed by atoms with Gasteiger partial charge in [-0.25, -0.2) is 0 Å². The molecule has 0 heterocycles. The van der Waals surface area contributed by atoms with Crippen molar-refractivity contribution in [2.24, 2.45) is 17.3 Å². The molecule has 1 aromatic rings. The highest BCUT2D eigenvalue weighted by Gasteiger charge is 2.56. The van der Waals surface area contributed by atoms with Crippen LogP contribution in [0.5, 0.6) is 11.5 Å². The highest BCUT2D eigenvalue weighted by atomic mass is 16.5. The van der Waals surface area contributed by atoms with Gasteiger partial charge in [-0.15, -0.1) is 0 Å². The Labute approximate surface area is 177 Å². The van der Waals surface area contributed by atoms with E-state index < -0.39 is 5.97 Å². The number of hydrogen-bond acceptors (Lipinski definition) is 6. The summed E-state index contributed by atoms with van der Waals surface area (Å²) >= 11 is 0. The molecule has 3 aliphatic rings. The molecule has 0 N–H and O–H groups in total. The first kappa shape index (κ1) is 20.9. The van der Waals surface area contributed by atoms with Crippen LogP contribution in [0.2, 0.25) is 0 Å². The third-order valence-corrected chi connectivity index (χ3v) is 7.49. The monoisotopic (exact) mass is 414 g/mol. The lowest BCUT2D eigenvalue weighted by atomic mass is 9.55. The lowest BCUT2D eigenvalue weighted by Crippen LogP contribution is -2.45. The molecule has 5 atom stereocenters. The summed E-state index contributed by atoms with van der Waals surface area (Å²) in [6.45, 7) is 6.53. The minimum atomic E-state index is -0.395. The quantitative estimate of drug-likeness (QED) is 0.541. The van der Waals surface area contributed by atoms with Gasteiger partial charge in [-0.1, -0.05) is 6.92 Å². The van der Waals surface area contributed by atoms with Gasteiger partial charge in [0, 0.05) is 37.8 Å². The fourth-order valence-corrected chi connectivity index (χ4v) is 6.46. The minimum absolute atomic E-state index is 0.00359. The van der Waals surface area contributed by atoms with E-state index in [0.717, 1.165) is 49.7 Å². The molecule has 0 aliphatic heterocycles. The maximum atomic E-state index is 11.8. The average Bonchev–Trinajstić information content (AvgIpc) is 2.96. The predicted molar refractivity (Wildman–Crippen MR) is 109 cm³/mol. The zero-order chi connectivity index (χ0) is 21.6. The van der Waals surface area contributed by atoms with Crippen LogP contribution in [0, 0.1) is 17.3 Å². The van der Waals surface area contributed by atoms with Crippen molar-refractivity contribution in [1.29, 1.82) is 0 Å². The van der Waals surface area contributed by atoms with E-state index in [1.165, 1.54) is 20.8 Å². The van der Waals surface area contributed by atoms with Crippen LogP contribution in [-0.4, -0.2) is 24.0 Å². The van der Waals surface area contributed by atoms with Crippen molar-refractivity contribution in [3.05, 3.63) is 23.3 Å². The van der Waals surface area contributed by atoms with E-state index in [2.05, 4.69) is 6.92 Å². The zero-order valence-electron chi connectivity index (χ0n) is 18.2. The third-order valence-electron chi connectivity index (χ3n) is 7.49. The molecule has 162 valence electrons. The normalized spacial score (nSPS) is 31.7. The van der Waals surface area contributed by atoms with Gasteiger partial charge in [0.25, 0.3) is 0 Å². The number of carbonyl (C=O) groups is 3.